The molecule has 45 heavy (non-hydrogen) atoms. The summed E-state index contributed by atoms with van der Waals surface area (Å²) < 4.78 is 62.7. The molecule has 1 saturated carbocycles. The normalized spacial score (nSPS) is 24.0. The van der Waals surface area contributed by atoms with Gasteiger partial charge < -0.3 is 15.0 Å². The summed E-state index contributed by atoms with van der Waals surface area (Å²) in [5.41, 5.74) is -4.62. The van der Waals surface area contributed by atoms with Crippen LogP contribution in [0.15, 0.2) is 39.8 Å². The van der Waals surface area contributed by atoms with E-state index in [1.807, 2.05) is 6.07 Å². The number of halogens is 4. The van der Waals surface area contributed by atoms with Gasteiger partial charge >= 0.3 is 6.09 Å². The fourth-order valence-electron chi connectivity index (χ4n) is 5.63. The second-order valence-corrected chi connectivity index (χ2v) is 15.9. The number of hydrogen-bond acceptors (Lipinski definition) is 8. The second-order valence-electron chi connectivity index (χ2n) is 12.4. The standard InChI is InChI=1S/C29H29BrClF2N5O6S/c1-27(2,3)44-26(41)38-9-8-29(38,23-20(33)10-16(30)13-35-23)25(40)37-14-18(12-21(37)24(39)36-28(15-34)6-7-28)45(42,43)22-5-4-17(32)11-19(22)31/h4-5,10-11,13,18,21H,6-9,12,14H2,1-3H3,(H,36,39)/t18?,21-,29?/m0/s1. The van der Waals surface area contributed by atoms with E-state index in [2.05, 4.69) is 26.2 Å². The van der Waals surface area contributed by atoms with Gasteiger partial charge in [-0.15, -0.1) is 0 Å². The second kappa shape index (κ2) is 11.5. The SMILES string of the molecule is CC(C)(C)OC(=O)N1CCC1(C(=O)N1CC(S(=O)(=O)c2ccc(F)cc2Cl)C[C@H]1C(=O)NC1(C#N)CC1)c1ncc(Br)cc1F. The number of carbonyl (C=O) groups excluding carboxylic acids is 3. The molecule has 1 aromatic carbocycles. The maximum absolute atomic E-state index is 15.6. The van der Waals surface area contributed by atoms with Crippen LogP contribution < -0.4 is 5.32 Å². The molecule has 5 rings (SSSR count). The average molecular weight is 729 g/mol. The van der Waals surface area contributed by atoms with Crippen LogP contribution in [0.4, 0.5) is 13.6 Å². The lowest BCUT2D eigenvalue weighted by Gasteiger charge is -2.52. The van der Waals surface area contributed by atoms with Crippen molar-refractivity contribution >= 4 is 55.3 Å². The molecular weight excluding hydrogens is 700 g/mol. The number of likely N-dealkylation sites (tertiary alicyclic amines) is 2. The molecule has 240 valence electrons. The third-order valence-electron chi connectivity index (χ3n) is 8.12. The number of hydrogen-bond donors (Lipinski definition) is 1. The van der Waals surface area contributed by atoms with Crippen LogP contribution in [-0.2, 0) is 29.7 Å². The number of carbonyl (C=O) groups is 3. The Bertz CT molecular complexity index is 1750. The Kier molecular flexibility index (Phi) is 8.42. The molecule has 1 aromatic heterocycles. The molecule has 0 bridgehead atoms. The number of benzene rings is 1. The van der Waals surface area contributed by atoms with Gasteiger partial charge in [0, 0.05) is 30.2 Å². The summed E-state index contributed by atoms with van der Waals surface area (Å²) in [6, 6.07) is 4.43. The first-order valence-electron chi connectivity index (χ1n) is 14.0. The molecule has 1 aliphatic carbocycles. The first-order valence-corrected chi connectivity index (χ1v) is 16.7. The van der Waals surface area contributed by atoms with Gasteiger partial charge in [-0.2, -0.15) is 5.26 Å². The minimum Gasteiger partial charge on any atom is -0.444 e. The third-order valence-corrected chi connectivity index (χ3v) is 11.2. The predicted octanol–water partition coefficient (Wildman–Crippen LogP) is 4.23. The van der Waals surface area contributed by atoms with E-state index >= 15 is 4.39 Å². The van der Waals surface area contributed by atoms with Gasteiger partial charge in [0.25, 0.3) is 5.91 Å². The molecule has 0 spiro atoms. The molecule has 2 aliphatic heterocycles. The van der Waals surface area contributed by atoms with Crippen molar-refractivity contribution in [3.8, 4) is 6.07 Å². The van der Waals surface area contributed by atoms with Crippen molar-refractivity contribution in [3.63, 3.8) is 0 Å². The zero-order valence-corrected chi connectivity index (χ0v) is 27.6. The van der Waals surface area contributed by atoms with Crippen LogP contribution in [0, 0.1) is 23.0 Å². The average Bonchev–Trinajstić information content (AvgIpc) is 3.52. The lowest BCUT2D eigenvalue weighted by atomic mass is 9.79. The van der Waals surface area contributed by atoms with Crippen LogP contribution >= 0.6 is 27.5 Å². The molecule has 2 unspecified atom stereocenters. The number of nitrogens with one attached hydrogen (secondary N) is 1. The number of aromatic nitrogens is 1. The highest BCUT2D eigenvalue weighted by Gasteiger charge is 2.62. The van der Waals surface area contributed by atoms with Crippen LogP contribution in [0.5, 0.6) is 0 Å². The Morgan fingerprint density at radius 1 is 1.20 bits per heavy atom. The molecule has 3 heterocycles. The van der Waals surface area contributed by atoms with E-state index in [0.29, 0.717) is 12.8 Å². The highest BCUT2D eigenvalue weighted by molar-refractivity contribution is 9.10. The maximum atomic E-state index is 15.6. The summed E-state index contributed by atoms with van der Waals surface area (Å²) in [4.78, 5) is 47.5. The topological polar surface area (TPSA) is 150 Å². The van der Waals surface area contributed by atoms with E-state index in [9.17, 15) is 32.5 Å². The molecule has 16 heteroatoms. The minimum atomic E-state index is -4.36. The van der Waals surface area contributed by atoms with E-state index in [1.54, 1.807) is 20.8 Å². The summed E-state index contributed by atoms with van der Waals surface area (Å²) in [6.07, 6.45) is 0.537. The largest absolute Gasteiger partial charge is 0.444 e. The van der Waals surface area contributed by atoms with Crippen LogP contribution in [0.2, 0.25) is 5.02 Å². The first-order chi connectivity index (χ1) is 20.9. The van der Waals surface area contributed by atoms with Crippen molar-refractivity contribution in [1.82, 2.24) is 20.1 Å². The molecule has 2 aromatic rings. The monoisotopic (exact) mass is 727 g/mol. The van der Waals surface area contributed by atoms with Crippen LogP contribution in [0.3, 0.4) is 0 Å². The van der Waals surface area contributed by atoms with Gasteiger partial charge in [0.2, 0.25) is 5.91 Å². The lowest BCUT2D eigenvalue weighted by molar-refractivity contribution is -0.158. The van der Waals surface area contributed by atoms with Gasteiger partial charge in [-0.3, -0.25) is 19.5 Å². The van der Waals surface area contributed by atoms with Crippen molar-refractivity contribution in [3.05, 3.63) is 57.3 Å². The Labute approximate surface area is 271 Å². The Morgan fingerprint density at radius 2 is 1.89 bits per heavy atom. The van der Waals surface area contributed by atoms with Crippen LogP contribution in [0.1, 0.15) is 52.1 Å². The van der Waals surface area contributed by atoms with E-state index in [-0.39, 0.29) is 22.5 Å². The van der Waals surface area contributed by atoms with E-state index in [4.69, 9.17) is 16.3 Å². The number of ether oxygens (including phenoxy) is 1. The Balaban J connectivity index is 1.59. The van der Waals surface area contributed by atoms with Gasteiger partial charge in [-0.1, -0.05) is 11.6 Å². The first kappa shape index (κ1) is 33.0. The molecule has 2 saturated heterocycles. The Hall–Kier alpha value is -3.35. The maximum Gasteiger partial charge on any atom is 0.411 e. The molecule has 3 aliphatic rings. The lowest BCUT2D eigenvalue weighted by Crippen LogP contribution is -2.69. The van der Waals surface area contributed by atoms with Gasteiger partial charge in [-0.05, 0) is 80.2 Å². The summed E-state index contributed by atoms with van der Waals surface area (Å²) in [5.74, 6) is -3.41. The molecule has 3 fully saturated rings. The van der Waals surface area contributed by atoms with Crippen molar-refractivity contribution in [1.29, 1.82) is 5.26 Å². The molecule has 0 radical (unpaired) electrons. The zero-order valence-electron chi connectivity index (χ0n) is 24.4. The van der Waals surface area contributed by atoms with Crippen LogP contribution in [0.25, 0.3) is 0 Å². The van der Waals surface area contributed by atoms with Crippen molar-refractivity contribution in [2.24, 2.45) is 0 Å². The number of nitrogens with zero attached hydrogens (tertiary/aromatic N) is 4. The summed E-state index contributed by atoms with van der Waals surface area (Å²) >= 11 is 9.24. The summed E-state index contributed by atoms with van der Waals surface area (Å²) in [7, 11) is -4.36. The van der Waals surface area contributed by atoms with Gasteiger partial charge in [-0.25, -0.2) is 22.0 Å². The number of sulfone groups is 1. The highest BCUT2D eigenvalue weighted by atomic mass is 79.9. The number of pyridine rings is 1. The third kappa shape index (κ3) is 5.99. The molecular formula is C29H29BrClF2N5O6S. The fourth-order valence-corrected chi connectivity index (χ4v) is 8.16. The predicted molar refractivity (Wildman–Crippen MR) is 159 cm³/mol. The smallest absolute Gasteiger partial charge is 0.411 e. The van der Waals surface area contributed by atoms with Crippen molar-refractivity contribution < 1.29 is 36.3 Å². The number of nitriles is 1. The molecule has 3 amide bonds. The summed E-state index contributed by atoms with van der Waals surface area (Å²) in [5, 5.41) is 10.4. The molecule has 11 nitrogen and oxygen atoms in total. The van der Waals surface area contributed by atoms with Gasteiger partial charge in [0.1, 0.15) is 34.5 Å². The molecule has 1 N–H and O–H groups in total. The van der Waals surface area contributed by atoms with E-state index < -0.39 is 90.9 Å². The molecule has 3 atom stereocenters. The van der Waals surface area contributed by atoms with Gasteiger partial charge in [0.15, 0.2) is 15.4 Å². The van der Waals surface area contributed by atoms with Gasteiger partial charge in [0.05, 0.1) is 21.2 Å². The summed E-state index contributed by atoms with van der Waals surface area (Å²) in [6.45, 7) is 4.28. The Morgan fingerprint density at radius 3 is 2.42 bits per heavy atom. The quantitative estimate of drug-likeness (QED) is 0.435. The number of rotatable bonds is 6. The van der Waals surface area contributed by atoms with E-state index in [1.165, 1.54) is 6.20 Å². The van der Waals surface area contributed by atoms with Crippen LogP contribution in [-0.4, -0.2) is 76.6 Å². The van der Waals surface area contributed by atoms with E-state index in [0.717, 1.165) is 34.1 Å². The highest BCUT2D eigenvalue weighted by Crippen LogP contribution is 2.46. The minimum absolute atomic E-state index is 0.0208. The number of amides is 3. The zero-order chi connectivity index (χ0) is 33.1. The van der Waals surface area contributed by atoms with Crippen molar-refractivity contribution in [2.45, 2.75) is 79.3 Å². The van der Waals surface area contributed by atoms with Crippen molar-refractivity contribution in [2.75, 3.05) is 13.1 Å². The fraction of sp³-hybridized carbons (Fsp3) is 0.483.